The molecule has 1 aromatic carbocycles. The van der Waals surface area contributed by atoms with Gasteiger partial charge in [-0.2, -0.15) is 4.98 Å². The Morgan fingerprint density at radius 1 is 1.21 bits per heavy atom. The first-order valence-corrected chi connectivity index (χ1v) is 6.13. The summed E-state index contributed by atoms with van der Waals surface area (Å²) in [6.07, 6.45) is 1.69. The van der Waals surface area contributed by atoms with E-state index in [2.05, 4.69) is 15.4 Å². The second-order valence-electron chi connectivity index (χ2n) is 4.07. The summed E-state index contributed by atoms with van der Waals surface area (Å²) in [6, 6.07) is 10.7. The lowest BCUT2D eigenvalue weighted by molar-refractivity contribution is 0.469. The number of fused-ring (bicyclic) bond motifs is 1. The topological polar surface area (TPSA) is 62.5 Å². The number of halogens is 1. The molecule has 0 unspecified atom stereocenters. The number of anilines is 1. The molecule has 6 heteroatoms. The standard InChI is InChI=1S/C13H11ClN4O/c14-10-5-6-12-16-13(17-18(12)8-10)15-7-9-3-1-2-4-11(9)19/h1-6,8,19H,7H2,(H,15,17). The van der Waals surface area contributed by atoms with Gasteiger partial charge in [-0.15, -0.1) is 5.10 Å². The van der Waals surface area contributed by atoms with Crippen LogP contribution in [0.3, 0.4) is 0 Å². The van der Waals surface area contributed by atoms with E-state index in [4.69, 9.17) is 11.6 Å². The molecule has 3 rings (SSSR count). The maximum absolute atomic E-state index is 9.66. The third-order valence-corrected chi connectivity index (χ3v) is 2.95. The smallest absolute Gasteiger partial charge is 0.243 e. The Bertz CT molecular complexity index is 725. The van der Waals surface area contributed by atoms with Crippen molar-refractivity contribution in [2.75, 3.05) is 5.32 Å². The number of phenolic OH excluding ortho intramolecular Hbond substituents is 1. The summed E-state index contributed by atoms with van der Waals surface area (Å²) in [7, 11) is 0. The fourth-order valence-electron chi connectivity index (χ4n) is 1.77. The van der Waals surface area contributed by atoms with Crippen molar-refractivity contribution in [3.63, 3.8) is 0 Å². The van der Waals surface area contributed by atoms with Gasteiger partial charge in [0.1, 0.15) is 5.75 Å². The first kappa shape index (κ1) is 11.8. The predicted molar refractivity (Wildman–Crippen MR) is 73.4 cm³/mol. The van der Waals surface area contributed by atoms with Gasteiger partial charge in [0.05, 0.1) is 5.02 Å². The summed E-state index contributed by atoms with van der Waals surface area (Å²) < 4.78 is 1.61. The average Bonchev–Trinajstić information content (AvgIpc) is 2.79. The molecule has 0 fully saturated rings. The Morgan fingerprint density at radius 3 is 2.89 bits per heavy atom. The van der Waals surface area contributed by atoms with Crippen molar-refractivity contribution in [3.8, 4) is 5.75 Å². The van der Waals surface area contributed by atoms with Crippen LogP contribution in [0.15, 0.2) is 42.6 Å². The van der Waals surface area contributed by atoms with Crippen molar-refractivity contribution in [1.29, 1.82) is 0 Å². The highest BCUT2D eigenvalue weighted by Gasteiger charge is 2.05. The number of hydrogen-bond donors (Lipinski definition) is 2. The molecule has 0 spiro atoms. The van der Waals surface area contributed by atoms with Gasteiger partial charge in [-0.3, -0.25) is 0 Å². The number of para-hydroxylation sites is 1. The molecule has 5 nitrogen and oxygen atoms in total. The van der Waals surface area contributed by atoms with E-state index in [9.17, 15) is 5.11 Å². The van der Waals surface area contributed by atoms with E-state index < -0.39 is 0 Å². The molecule has 2 heterocycles. The highest BCUT2D eigenvalue weighted by atomic mass is 35.5. The van der Waals surface area contributed by atoms with Crippen molar-refractivity contribution in [2.45, 2.75) is 6.54 Å². The van der Waals surface area contributed by atoms with Gasteiger partial charge in [-0.25, -0.2) is 4.52 Å². The zero-order chi connectivity index (χ0) is 13.2. The van der Waals surface area contributed by atoms with E-state index in [0.29, 0.717) is 23.2 Å². The lowest BCUT2D eigenvalue weighted by Gasteiger charge is -2.03. The second kappa shape index (κ2) is 4.78. The summed E-state index contributed by atoms with van der Waals surface area (Å²) in [5, 5.41) is 17.6. The van der Waals surface area contributed by atoms with Gasteiger partial charge in [-0.05, 0) is 18.2 Å². The van der Waals surface area contributed by atoms with Crippen LogP contribution >= 0.6 is 11.6 Å². The van der Waals surface area contributed by atoms with E-state index in [0.717, 1.165) is 5.56 Å². The SMILES string of the molecule is Oc1ccccc1CNc1nc2ccc(Cl)cn2n1. The molecule has 0 aliphatic carbocycles. The molecule has 3 aromatic rings. The van der Waals surface area contributed by atoms with Crippen LogP contribution in [0.4, 0.5) is 5.95 Å². The Hall–Kier alpha value is -2.27. The normalized spacial score (nSPS) is 10.8. The summed E-state index contributed by atoms with van der Waals surface area (Å²) in [5.41, 5.74) is 1.50. The Morgan fingerprint density at radius 2 is 2.05 bits per heavy atom. The van der Waals surface area contributed by atoms with Crippen molar-refractivity contribution < 1.29 is 5.11 Å². The summed E-state index contributed by atoms with van der Waals surface area (Å²) in [6.45, 7) is 0.456. The van der Waals surface area contributed by atoms with Crippen LogP contribution in [0.25, 0.3) is 5.65 Å². The van der Waals surface area contributed by atoms with Gasteiger partial charge in [-0.1, -0.05) is 29.8 Å². The molecular weight excluding hydrogens is 264 g/mol. The minimum atomic E-state index is 0.252. The first-order valence-electron chi connectivity index (χ1n) is 5.75. The number of pyridine rings is 1. The van der Waals surface area contributed by atoms with Gasteiger partial charge in [0.25, 0.3) is 0 Å². The number of hydrogen-bond acceptors (Lipinski definition) is 4. The molecule has 0 amide bonds. The van der Waals surface area contributed by atoms with Crippen LogP contribution in [-0.4, -0.2) is 19.7 Å². The lowest BCUT2D eigenvalue weighted by Crippen LogP contribution is -2.01. The van der Waals surface area contributed by atoms with Crippen LogP contribution in [0.1, 0.15) is 5.56 Å². The van der Waals surface area contributed by atoms with Crippen LogP contribution in [-0.2, 0) is 6.54 Å². The van der Waals surface area contributed by atoms with Gasteiger partial charge in [0.15, 0.2) is 5.65 Å². The van der Waals surface area contributed by atoms with Crippen LogP contribution in [0.5, 0.6) is 5.75 Å². The van der Waals surface area contributed by atoms with Crippen LogP contribution in [0, 0.1) is 0 Å². The van der Waals surface area contributed by atoms with E-state index in [1.807, 2.05) is 12.1 Å². The van der Waals surface area contributed by atoms with Gasteiger partial charge in [0.2, 0.25) is 5.95 Å². The largest absolute Gasteiger partial charge is 0.508 e. The highest BCUT2D eigenvalue weighted by molar-refractivity contribution is 6.30. The zero-order valence-electron chi connectivity index (χ0n) is 9.92. The Labute approximate surface area is 114 Å². The monoisotopic (exact) mass is 274 g/mol. The molecule has 96 valence electrons. The molecule has 0 saturated heterocycles. The number of phenols is 1. The number of nitrogens with one attached hydrogen (secondary N) is 1. The zero-order valence-corrected chi connectivity index (χ0v) is 10.7. The highest BCUT2D eigenvalue weighted by Crippen LogP contribution is 2.17. The first-order chi connectivity index (χ1) is 9.22. The molecule has 0 atom stereocenters. The van der Waals surface area contributed by atoms with Crippen LogP contribution in [0.2, 0.25) is 5.02 Å². The summed E-state index contributed by atoms with van der Waals surface area (Å²) in [5.74, 6) is 0.743. The van der Waals surface area contributed by atoms with E-state index in [-0.39, 0.29) is 5.75 Å². The van der Waals surface area contributed by atoms with Gasteiger partial charge in [0, 0.05) is 18.3 Å². The molecule has 0 bridgehead atoms. The summed E-state index contributed by atoms with van der Waals surface area (Å²) >= 11 is 5.88. The Kier molecular flexibility index (Phi) is 2.97. The molecule has 0 saturated carbocycles. The molecule has 2 aromatic heterocycles. The van der Waals surface area contributed by atoms with Crippen molar-refractivity contribution >= 4 is 23.2 Å². The maximum atomic E-state index is 9.66. The quantitative estimate of drug-likeness (QED) is 0.771. The molecule has 2 N–H and O–H groups in total. The Balaban J connectivity index is 1.80. The molecule has 0 aliphatic rings. The molecule has 0 radical (unpaired) electrons. The number of aromatic nitrogens is 3. The van der Waals surface area contributed by atoms with Crippen molar-refractivity contribution in [1.82, 2.24) is 14.6 Å². The van der Waals surface area contributed by atoms with E-state index >= 15 is 0 Å². The minimum Gasteiger partial charge on any atom is -0.508 e. The van der Waals surface area contributed by atoms with Crippen molar-refractivity contribution in [2.24, 2.45) is 0 Å². The van der Waals surface area contributed by atoms with E-state index in [1.165, 1.54) is 0 Å². The van der Waals surface area contributed by atoms with E-state index in [1.54, 1.807) is 35.0 Å². The maximum Gasteiger partial charge on any atom is 0.243 e. The van der Waals surface area contributed by atoms with Crippen molar-refractivity contribution in [3.05, 3.63) is 53.2 Å². The number of benzene rings is 1. The second-order valence-corrected chi connectivity index (χ2v) is 4.50. The lowest BCUT2D eigenvalue weighted by atomic mass is 10.2. The molecular formula is C13H11ClN4O. The summed E-state index contributed by atoms with van der Waals surface area (Å²) in [4.78, 5) is 4.30. The van der Waals surface area contributed by atoms with Gasteiger partial charge >= 0.3 is 0 Å². The predicted octanol–water partition coefficient (Wildman–Crippen LogP) is 2.70. The number of nitrogens with zero attached hydrogens (tertiary/aromatic N) is 3. The fraction of sp³-hybridized carbons (Fsp3) is 0.0769. The third kappa shape index (κ3) is 2.46. The number of aromatic hydroxyl groups is 1. The molecule has 19 heavy (non-hydrogen) atoms. The third-order valence-electron chi connectivity index (χ3n) is 2.72. The average molecular weight is 275 g/mol. The molecule has 0 aliphatic heterocycles. The van der Waals surface area contributed by atoms with Crippen LogP contribution < -0.4 is 5.32 Å². The van der Waals surface area contributed by atoms with Gasteiger partial charge < -0.3 is 10.4 Å². The fourth-order valence-corrected chi connectivity index (χ4v) is 1.92. The minimum absolute atomic E-state index is 0.252. The number of rotatable bonds is 3.